The van der Waals surface area contributed by atoms with Crippen molar-refractivity contribution in [2.45, 2.75) is 36.3 Å². The van der Waals surface area contributed by atoms with Gasteiger partial charge in [0.25, 0.3) is 5.91 Å². The first kappa shape index (κ1) is 22.2. The van der Waals surface area contributed by atoms with E-state index in [1.54, 1.807) is 18.0 Å². The molecule has 0 bridgehead atoms. The summed E-state index contributed by atoms with van der Waals surface area (Å²) in [5, 5.41) is 3.04. The van der Waals surface area contributed by atoms with Crippen molar-refractivity contribution in [3.8, 4) is 0 Å². The number of nitrogens with one attached hydrogen (secondary N) is 1. The van der Waals surface area contributed by atoms with Gasteiger partial charge in [-0.1, -0.05) is 24.4 Å². The molecule has 0 radical (unpaired) electrons. The normalized spacial score (nSPS) is 15.8. The van der Waals surface area contributed by atoms with Gasteiger partial charge in [-0.15, -0.1) is 0 Å². The average Bonchev–Trinajstić information content (AvgIpc) is 3.06. The molecular weight excluding hydrogens is 432 g/mol. The molecule has 1 fully saturated rings. The van der Waals surface area contributed by atoms with E-state index in [1.807, 2.05) is 12.1 Å². The van der Waals surface area contributed by atoms with E-state index in [4.69, 9.17) is 16.0 Å². The summed E-state index contributed by atoms with van der Waals surface area (Å²) >= 11 is 7.81. The molecule has 0 aliphatic carbocycles. The quantitative estimate of drug-likeness (QED) is 0.603. The van der Waals surface area contributed by atoms with Crippen LogP contribution >= 0.6 is 23.4 Å². The number of nitrogens with zero attached hydrogens (tertiary/aromatic N) is 1. The summed E-state index contributed by atoms with van der Waals surface area (Å²) in [5.74, 6) is 1.94. The fourth-order valence-corrected chi connectivity index (χ4v) is 5.67. The molecule has 0 spiro atoms. The van der Waals surface area contributed by atoms with E-state index in [1.165, 1.54) is 22.5 Å². The zero-order chi connectivity index (χ0) is 20.7. The van der Waals surface area contributed by atoms with Crippen LogP contribution in [0, 0.1) is 0 Å². The van der Waals surface area contributed by atoms with Crippen molar-refractivity contribution in [2.75, 3.05) is 25.4 Å². The Balaban J connectivity index is 1.60. The molecule has 0 unspecified atom stereocenters. The third-order valence-corrected chi connectivity index (χ3v) is 7.95. The van der Waals surface area contributed by atoms with Crippen LogP contribution in [0.2, 0.25) is 5.02 Å². The maximum atomic E-state index is 13.0. The molecule has 0 atom stereocenters. The van der Waals surface area contributed by atoms with Crippen LogP contribution in [0.5, 0.6) is 0 Å². The summed E-state index contributed by atoms with van der Waals surface area (Å²) in [6, 6.07) is 8.08. The van der Waals surface area contributed by atoms with E-state index in [0.29, 0.717) is 25.4 Å². The summed E-state index contributed by atoms with van der Waals surface area (Å²) in [7, 11) is -3.63. The van der Waals surface area contributed by atoms with Crippen molar-refractivity contribution in [3.63, 3.8) is 0 Å². The lowest BCUT2D eigenvalue weighted by Crippen LogP contribution is -2.32. The van der Waals surface area contributed by atoms with Crippen LogP contribution in [-0.4, -0.2) is 44.0 Å². The third kappa shape index (κ3) is 6.01. The van der Waals surface area contributed by atoms with Crippen molar-refractivity contribution in [1.29, 1.82) is 0 Å². The summed E-state index contributed by atoms with van der Waals surface area (Å²) in [6.45, 7) is 1.47. The average molecular weight is 457 g/mol. The van der Waals surface area contributed by atoms with Gasteiger partial charge in [-0.3, -0.25) is 4.79 Å². The van der Waals surface area contributed by atoms with Gasteiger partial charge >= 0.3 is 0 Å². The van der Waals surface area contributed by atoms with Crippen molar-refractivity contribution < 1.29 is 17.6 Å². The number of benzene rings is 1. The Morgan fingerprint density at radius 1 is 1.17 bits per heavy atom. The molecule has 0 saturated carbocycles. The standard InChI is InChI=1S/C20H25ClN2O4S2/c21-19-8-7-17(29(25,26)23-10-3-1-2-4-11-23)14-18(19)20(24)22-9-13-28-15-16-6-5-12-27-16/h5-8,12,14H,1-4,9-11,13,15H2,(H,22,24). The van der Waals surface area contributed by atoms with E-state index in [9.17, 15) is 13.2 Å². The summed E-state index contributed by atoms with van der Waals surface area (Å²) < 4.78 is 32.7. The van der Waals surface area contributed by atoms with E-state index < -0.39 is 10.0 Å². The lowest BCUT2D eigenvalue weighted by molar-refractivity contribution is 0.0956. The molecule has 9 heteroatoms. The van der Waals surface area contributed by atoms with E-state index in [-0.39, 0.29) is 21.4 Å². The first-order valence-corrected chi connectivity index (χ1v) is 12.6. The molecule has 2 aromatic rings. The second-order valence-corrected chi connectivity index (χ2v) is 10.3. The van der Waals surface area contributed by atoms with E-state index >= 15 is 0 Å². The molecule has 1 saturated heterocycles. The number of carbonyl (C=O) groups excluding carboxylic acids is 1. The highest BCUT2D eigenvalue weighted by atomic mass is 35.5. The highest BCUT2D eigenvalue weighted by Gasteiger charge is 2.26. The van der Waals surface area contributed by atoms with Crippen LogP contribution in [0.25, 0.3) is 0 Å². The number of furan rings is 1. The van der Waals surface area contributed by atoms with Crippen molar-refractivity contribution in [2.24, 2.45) is 0 Å². The van der Waals surface area contributed by atoms with Crippen LogP contribution in [-0.2, 0) is 15.8 Å². The van der Waals surface area contributed by atoms with Gasteiger partial charge in [0.1, 0.15) is 5.76 Å². The molecule has 29 heavy (non-hydrogen) atoms. The Bertz CT molecular complexity index is 909. The number of hydrogen-bond donors (Lipinski definition) is 1. The van der Waals surface area contributed by atoms with Crippen LogP contribution < -0.4 is 5.32 Å². The van der Waals surface area contributed by atoms with Gasteiger partial charge in [-0.2, -0.15) is 16.1 Å². The van der Waals surface area contributed by atoms with Gasteiger partial charge in [-0.05, 0) is 43.2 Å². The molecule has 3 rings (SSSR count). The minimum Gasteiger partial charge on any atom is -0.468 e. The van der Waals surface area contributed by atoms with Crippen LogP contribution in [0.3, 0.4) is 0 Å². The number of halogens is 1. The fraction of sp³-hybridized carbons (Fsp3) is 0.450. The van der Waals surface area contributed by atoms with Crippen LogP contribution in [0.15, 0.2) is 45.9 Å². The molecular formula is C20H25ClN2O4S2. The van der Waals surface area contributed by atoms with Gasteiger partial charge in [0.2, 0.25) is 10.0 Å². The second-order valence-electron chi connectivity index (χ2n) is 6.85. The predicted octanol–water partition coefficient (Wildman–Crippen LogP) is 4.16. The highest BCUT2D eigenvalue weighted by molar-refractivity contribution is 7.98. The molecule has 1 amide bonds. The third-order valence-electron chi connectivity index (χ3n) is 4.74. The van der Waals surface area contributed by atoms with E-state index in [0.717, 1.165) is 37.2 Å². The summed E-state index contributed by atoms with van der Waals surface area (Å²) in [4.78, 5) is 12.6. The lowest BCUT2D eigenvalue weighted by atomic mass is 10.2. The van der Waals surface area contributed by atoms with Gasteiger partial charge < -0.3 is 9.73 Å². The fourth-order valence-electron chi connectivity index (χ4n) is 3.17. The largest absolute Gasteiger partial charge is 0.468 e. The Morgan fingerprint density at radius 3 is 2.62 bits per heavy atom. The number of sulfonamides is 1. The minimum atomic E-state index is -3.63. The van der Waals surface area contributed by atoms with E-state index in [2.05, 4.69) is 5.32 Å². The maximum absolute atomic E-state index is 13.0. The number of rotatable bonds is 8. The van der Waals surface area contributed by atoms with Crippen LogP contribution in [0.1, 0.15) is 41.8 Å². The Labute approximate surface area is 181 Å². The van der Waals surface area contributed by atoms with Gasteiger partial charge in [0, 0.05) is 25.4 Å². The number of hydrogen-bond acceptors (Lipinski definition) is 5. The summed E-state index contributed by atoms with van der Waals surface area (Å²) in [5.41, 5.74) is 0.179. The highest BCUT2D eigenvalue weighted by Crippen LogP contribution is 2.25. The van der Waals surface area contributed by atoms with Crippen LogP contribution in [0.4, 0.5) is 0 Å². The van der Waals surface area contributed by atoms with Gasteiger partial charge in [-0.25, -0.2) is 8.42 Å². The zero-order valence-corrected chi connectivity index (χ0v) is 18.5. The predicted molar refractivity (Wildman–Crippen MR) is 116 cm³/mol. The molecule has 158 valence electrons. The molecule has 1 aliphatic rings. The molecule has 1 N–H and O–H groups in total. The number of carbonyl (C=O) groups is 1. The molecule has 6 nitrogen and oxygen atoms in total. The van der Waals surface area contributed by atoms with Gasteiger partial charge in [0.15, 0.2) is 0 Å². The summed E-state index contributed by atoms with van der Waals surface area (Å²) in [6.07, 6.45) is 5.43. The second kappa shape index (κ2) is 10.5. The Morgan fingerprint density at radius 2 is 1.93 bits per heavy atom. The minimum absolute atomic E-state index is 0.112. The Hall–Kier alpha value is -1.48. The monoisotopic (exact) mass is 456 g/mol. The molecule has 2 heterocycles. The zero-order valence-electron chi connectivity index (χ0n) is 16.1. The first-order chi connectivity index (χ1) is 14.0. The maximum Gasteiger partial charge on any atom is 0.252 e. The molecule has 1 aromatic heterocycles. The molecule has 1 aliphatic heterocycles. The lowest BCUT2D eigenvalue weighted by Gasteiger charge is -2.20. The first-order valence-electron chi connectivity index (χ1n) is 9.66. The smallest absolute Gasteiger partial charge is 0.252 e. The number of amides is 1. The van der Waals surface area contributed by atoms with Crippen molar-refractivity contribution in [1.82, 2.24) is 9.62 Å². The molecule has 1 aromatic carbocycles. The van der Waals surface area contributed by atoms with Crippen molar-refractivity contribution in [3.05, 3.63) is 52.9 Å². The number of thioether (sulfide) groups is 1. The Kier molecular flexibility index (Phi) is 8.06. The SMILES string of the molecule is O=C(NCCSCc1ccco1)c1cc(S(=O)(=O)N2CCCCCC2)ccc1Cl. The van der Waals surface area contributed by atoms with Gasteiger partial charge in [0.05, 0.1) is 27.5 Å². The van der Waals surface area contributed by atoms with Crippen molar-refractivity contribution >= 4 is 39.3 Å². The topological polar surface area (TPSA) is 79.6 Å².